The van der Waals surface area contributed by atoms with Crippen LogP contribution in [0.5, 0.6) is 5.75 Å². The molecule has 1 fully saturated rings. The van der Waals surface area contributed by atoms with Gasteiger partial charge in [-0.2, -0.15) is 4.31 Å². The van der Waals surface area contributed by atoms with Crippen molar-refractivity contribution in [2.24, 2.45) is 5.92 Å². The molecule has 0 aliphatic carbocycles. The third-order valence-corrected chi connectivity index (χ3v) is 6.89. The van der Waals surface area contributed by atoms with Gasteiger partial charge in [0.1, 0.15) is 5.75 Å². The number of nitrogens with one attached hydrogen (secondary N) is 1. The van der Waals surface area contributed by atoms with Crippen molar-refractivity contribution in [2.45, 2.75) is 17.7 Å². The van der Waals surface area contributed by atoms with E-state index in [1.165, 1.54) is 30.7 Å². The van der Waals surface area contributed by atoms with Gasteiger partial charge in [0.2, 0.25) is 15.9 Å². The van der Waals surface area contributed by atoms with Crippen LogP contribution in [0.25, 0.3) is 0 Å². The van der Waals surface area contributed by atoms with Gasteiger partial charge in [-0.15, -0.1) is 0 Å². The van der Waals surface area contributed by atoms with Gasteiger partial charge in [-0.1, -0.05) is 18.2 Å². The lowest BCUT2D eigenvalue weighted by atomic mass is 9.98. The summed E-state index contributed by atoms with van der Waals surface area (Å²) in [5, 5.41) is 2.77. The lowest BCUT2D eigenvalue weighted by Crippen LogP contribution is -2.43. The van der Waals surface area contributed by atoms with Crippen molar-refractivity contribution >= 4 is 27.6 Å². The SMILES string of the molecule is COC(=O)c1ccc(OC)c(NC(=O)[C@@H]2CCCN(S(=O)(=O)c3ccccc3)C2)c1. The minimum Gasteiger partial charge on any atom is -0.495 e. The summed E-state index contributed by atoms with van der Waals surface area (Å²) in [6.07, 6.45) is 1.13. The Balaban J connectivity index is 1.77. The predicted octanol–water partition coefficient (Wildman–Crippen LogP) is 2.52. The quantitative estimate of drug-likeness (QED) is 0.704. The van der Waals surface area contributed by atoms with E-state index in [2.05, 4.69) is 5.32 Å². The van der Waals surface area contributed by atoms with Gasteiger partial charge in [0.05, 0.1) is 36.3 Å². The van der Waals surface area contributed by atoms with Crippen LogP contribution in [0, 0.1) is 5.92 Å². The molecule has 0 aromatic heterocycles. The molecule has 8 nitrogen and oxygen atoms in total. The number of nitrogens with zero attached hydrogens (tertiary/aromatic N) is 1. The van der Waals surface area contributed by atoms with Crippen molar-refractivity contribution in [3.05, 3.63) is 54.1 Å². The second kappa shape index (κ2) is 9.27. The third kappa shape index (κ3) is 4.63. The Morgan fingerprint density at radius 1 is 1.10 bits per heavy atom. The number of carbonyl (C=O) groups is 2. The summed E-state index contributed by atoms with van der Waals surface area (Å²) in [6, 6.07) is 12.8. The molecular weight excluding hydrogens is 408 g/mol. The molecule has 2 aromatic carbocycles. The number of benzene rings is 2. The number of methoxy groups -OCH3 is 2. The molecule has 160 valence electrons. The van der Waals surface area contributed by atoms with E-state index in [0.717, 1.165) is 0 Å². The first-order valence-electron chi connectivity index (χ1n) is 9.49. The zero-order valence-electron chi connectivity index (χ0n) is 16.8. The molecule has 1 aliphatic rings. The monoisotopic (exact) mass is 432 g/mol. The number of sulfonamides is 1. The maximum absolute atomic E-state index is 12.9. The van der Waals surface area contributed by atoms with E-state index in [0.29, 0.717) is 30.8 Å². The molecule has 30 heavy (non-hydrogen) atoms. The number of piperidine rings is 1. The van der Waals surface area contributed by atoms with Gasteiger partial charge in [0.15, 0.2) is 0 Å². The lowest BCUT2D eigenvalue weighted by molar-refractivity contribution is -0.120. The molecule has 1 heterocycles. The van der Waals surface area contributed by atoms with Crippen molar-refractivity contribution in [1.82, 2.24) is 4.31 Å². The summed E-state index contributed by atoms with van der Waals surface area (Å²) in [7, 11) is -0.940. The van der Waals surface area contributed by atoms with E-state index < -0.39 is 21.9 Å². The minimum atomic E-state index is -3.67. The highest BCUT2D eigenvalue weighted by Crippen LogP contribution is 2.29. The largest absolute Gasteiger partial charge is 0.495 e. The first kappa shape index (κ1) is 21.8. The normalized spacial score (nSPS) is 17.2. The Morgan fingerprint density at radius 2 is 1.83 bits per heavy atom. The van der Waals surface area contributed by atoms with E-state index in [9.17, 15) is 18.0 Å². The maximum atomic E-state index is 12.9. The Bertz CT molecular complexity index is 1020. The molecule has 1 N–H and O–H groups in total. The minimum absolute atomic E-state index is 0.0854. The van der Waals surface area contributed by atoms with Crippen molar-refractivity contribution < 1.29 is 27.5 Å². The topological polar surface area (TPSA) is 102 Å². The number of esters is 1. The highest BCUT2D eigenvalue weighted by Gasteiger charge is 2.33. The van der Waals surface area contributed by atoms with Crippen LogP contribution in [-0.2, 0) is 19.6 Å². The van der Waals surface area contributed by atoms with E-state index >= 15 is 0 Å². The molecule has 0 unspecified atom stereocenters. The van der Waals surface area contributed by atoms with Crippen LogP contribution >= 0.6 is 0 Å². The fourth-order valence-corrected chi connectivity index (χ4v) is 4.95. The third-order valence-electron chi connectivity index (χ3n) is 5.01. The van der Waals surface area contributed by atoms with Crippen LogP contribution in [0.2, 0.25) is 0 Å². The molecule has 2 aromatic rings. The number of hydrogen-bond donors (Lipinski definition) is 1. The molecule has 3 rings (SSSR count). The van der Waals surface area contributed by atoms with Crippen molar-refractivity contribution in [1.29, 1.82) is 0 Å². The second-order valence-corrected chi connectivity index (χ2v) is 8.85. The summed E-state index contributed by atoms with van der Waals surface area (Å²) < 4.78 is 37.1. The fraction of sp³-hybridized carbons (Fsp3) is 0.333. The van der Waals surface area contributed by atoms with Crippen LogP contribution in [-0.4, -0.2) is 51.9 Å². The number of amides is 1. The molecule has 1 aliphatic heterocycles. The van der Waals surface area contributed by atoms with Crippen LogP contribution in [0.3, 0.4) is 0 Å². The average Bonchev–Trinajstić information content (AvgIpc) is 2.79. The molecule has 0 spiro atoms. The number of hydrogen-bond acceptors (Lipinski definition) is 6. The first-order chi connectivity index (χ1) is 14.4. The van der Waals surface area contributed by atoms with E-state index in [1.807, 2.05) is 0 Å². The highest BCUT2D eigenvalue weighted by atomic mass is 32.2. The first-order valence-corrected chi connectivity index (χ1v) is 10.9. The van der Waals surface area contributed by atoms with Gasteiger partial charge in [-0.25, -0.2) is 13.2 Å². The van der Waals surface area contributed by atoms with Gasteiger partial charge < -0.3 is 14.8 Å². The summed E-state index contributed by atoms with van der Waals surface area (Å²) in [6.45, 7) is 0.449. The molecule has 9 heteroatoms. The highest BCUT2D eigenvalue weighted by molar-refractivity contribution is 7.89. The Labute approximate surface area is 175 Å². The summed E-state index contributed by atoms with van der Waals surface area (Å²) in [5.74, 6) is -1.00. The maximum Gasteiger partial charge on any atom is 0.337 e. The van der Waals surface area contributed by atoms with Gasteiger partial charge in [0.25, 0.3) is 0 Å². The molecule has 1 amide bonds. The smallest absolute Gasteiger partial charge is 0.337 e. The molecule has 1 saturated heterocycles. The summed E-state index contributed by atoms with van der Waals surface area (Å²) in [4.78, 5) is 24.9. The van der Waals surface area contributed by atoms with Crippen LogP contribution in [0.1, 0.15) is 23.2 Å². The zero-order chi connectivity index (χ0) is 21.7. The van der Waals surface area contributed by atoms with Gasteiger partial charge in [0, 0.05) is 13.1 Å². The molecule has 0 saturated carbocycles. The van der Waals surface area contributed by atoms with Gasteiger partial charge >= 0.3 is 5.97 Å². The Morgan fingerprint density at radius 3 is 2.50 bits per heavy atom. The van der Waals surface area contributed by atoms with Crippen LogP contribution in [0.4, 0.5) is 5.69 Å². The molecule has 0 radical (unpaired) electrons. The number of carbonyl (C=O) groups excluding carboxylic acids is 2. The Hall–Kier alpha value is -2.91. The zero-order valence-corrected chi connectivity index (χ0v) is 17.6. The van der Waals surface area contributed by atoms with Gasteiger partial charge in [-0.05, 0) is 43.2 Å². The second-order valence-electron chi connectivity index (χ2n) is 6.91. The Kier molecular flexibility index (Phi) is 6.73. The van der Waals surface area contributed by atoms with Crippen molar-refractivity contribution in [2.75, 3.05) is 32.6 Å². The fourth-order valence-electron chi connectivity index (χ4n) is 3.40. The van der Waals surface area contributed by atoms with E-state index in [4.69, 9.17) is 9.47 Å². The van der Waals surface area contributed by atoms with Crippen LogP contribution in [0.15, 0.2) is 53.4 Å². The summed E-state index contributed by atoms with van der Waals surface area (Å²) >= 11 is 0. The summed E-state index contributed by atoms with van der Waals surface area (Å²) in [5.41, 5.74) is 0.596. The average molecular weight is 432 g/mol. The van der Waals surface area contributed by atoms with Crippen molar-refractivity contribution in [3.63, 3.8) is 0 Å². The molecule has 1 atom stereocenters. The van der Waals surface area contributed by atoms with Gasteiger partial charge in [-0.3, -0.25) is 4.79 Å². The lowest BCUT2D eigenvalue weighted by Gasteiger charge is -2.31. The standard InChI is InChI=1S/C21H24N2O6S/c1-28-19-11-10-15(21(25)29-2)13-18(19)22-20(24)16-7-6-12-23(14-16)30(26,27)17-8-4-3-5-9-17/h3-5,8-11,13,16H,6-7,12,14H2,1-2H3,(H,22,24)/t16-/m1/s1. The molecule has 0 bridgehead atoms. The number of anilines is 1. The van der Waals surface area contributed by atoms with E-state index in [1.54, 1.807) is 36.4 Å². The van der Waals surface area contributed by atoms with Crippen molar-refractivity contribution in [3.8, 4) is 5.75 Å². The molecular formula is C21H24N2O6S. The van der Waals surface area contributed by atoms with E-state index in [-0.39, 0.29) is 22.9 Å². The van der Waals surface area contributed by atoms with Crippen LogP contribution < -0.4 is 10.1 Å². The number of ether oxygens (including phenoxy) is 2. The number of rotatable bonds is 6. The predicted molar refractivity (Wildman–Crippen MR) is 111 cm³/mol.